The van der Waals surface area contributed by atoms with E-state index in [0.29, 0.717) is 37.7 Å². The molecule has 2 aromatic heterocycles. The van der Waals surface area contributed by atoms with Crippen molar-refractivity contribution in [2.75, 3.05) is 20.8 Å². The van der Waals surface area contributed by atoms with Crippen LogP contribution in [0.15, 0.2) is 99.0 Å². The van der Waals surface area contributed by atoms with Crippen LogP contribution in [-0.2, 0) is 9.53 Å². The van der Waals surface area contributed by atoms with Gasteiger partial charge in [-0.25, -0.2) is 14.6 Å². The highest BCUT2D eigenvalue weighted by atomic mass is 32.1. The Hall–Kier alpha value is -5.16. The summed E-state index contributed by atoms with van der Waals surface area (Å²) in [5.74, 6) is 0.184. The Morgan fingerprint density at radius 2 is 1.83 bits per heavy atom. The quantitative estimate of drug-likeness (QED) is 0.165. The minimum Gasteiger partial charge on any atom is -0.497 e. The topological polar surface area (TPSA) is 119 Å². The fourth-order valence-corrected chi connectivity index (χ4v) is 5.50. The predicted octanol–water partition coefficient (Wildman–Crippen LogP) is 3.79. The maximum Gasteiger partial charge on any atom is 0.379 e. The lowest BCUT2D eigenvalue weighted by Crippen LogP contribution is -2.39. The number of carbonyl (C=O) groups is 2. The van der Waals surface area contributed by atoms with Crippen LogP contribution in [0.4, 0.5) is 0 Å². The van der Waals surface area contributed by atoms with Gasteiger partial charge >= 0.3 is 11.9 Å². The smallest absolute Gasteiger partial charge is 0.379 e. The maximum absolute atomic E-state index is 13.9. The molecule has 0 fully saturated rings. The van der Waals surface area contributed by atoms with Crippen molar-refractivity contribution in [3.8, 4) is 17.2 Å². The van der Waals surface area contributed by atoms with E-state index in [1.165, 1.54) is 41.4 Å². The van der Waals surface area contributed by atoms with E-state index in [9.17, 15) is 14.4 Å². The van der Waals surface area contributed by atoms with Gasteiger partial charge in [-0.15, -0.1) is 0 Å². The molecule has 4 aromatic rings. The van der Waals surface area contributed by atoms with Gasteiger partial charge in [0.15, 0.2) is 4.80 Å². The summed E-state index contributed by atoms with van der Waals surface area (Å²) in [4.78, 5) is 44.5. The van der Waals surface area contributed by atoms with Crippen LogP contribution in [-0.4, -0.2) is 37.3 Å². The Labute approximate surface area is 244 Å². The first-order valence-corrected chi connectivity index (χ1v) is 13.5. The molecular formula is C31H26N2O8S. The zero-order valence-corrected chi connectivity index (χ0v) is 23.8. The summed E-state index contributed by atoms with van der Waals surface area (Å²) in [6.07, 6.45) is 4.55. The molecule has 1 atom stereocenters. The Bertz CT molecular complexity index is 1860. The van der Waals surface area contributed by atoms with Crippen molar-refractivity contribution < 1.29 is 33.0 Å². The lowest BCUT2D eigenvalue weighted by molar-refractivity contribution is -0.138. The summed E-state index contributed by atoms with van der Waals surface area (Å²) in [7, 11) is 3.09. The zero-order chi connectivity index (χ0) is 29.8. The van der Waals surface area contributed by atoms with E-state index in [1.54, 1.807) is 68.6 Å². The number of hydrogen-bond donors (Lipinski definition) is 0. The van der Waals surface area contributed by atoms with Crippen LogP contribution in [0.25, 0.3) is 6.08 Å². The summed E-state index contributed by atoms with van der Waals surface area (Å²) >= 11 is 1.19. The van der Waals surface area contributed by atoms with Gasteiger partial charge in [-0.2, -0.15) is 0 Å². The van der Waals surface area contributed by atoms with Gasteiger partial charge in [0.25, 0.3) is 5.56 Å². The summed E-state index contributed by atoms with van der Waals surface area (Å²) in [6.45, 7) is 5.29. The summed E-state index contributed by atoms with van der Waals surface area (Å²) in [5.41, 5.74) is 1.53. The molecule has 0 saturated carbocycles. The largest absolute Gasteiger partial charge is 0.497 e. The lowest BCUT2D eigenvalue weighted by Gasteiger charge is -2.24. The highest BCUT2D eigenvalue weighted by molar-refractivity contribution is 7.07. The normalized spacial score (nSPS) is 14.5. The highest BCUT2D eigenvalue weighted by Gasteiger charge is 2.33. The van der Waals surface area contributed by atoms with Crippen LogP contribution in [0.3, 0.4) is 0 Å². The molecule has 5 rings (SSSR count). The second-order valence-corrected chi connectivity index (χ2v) is 10.0. The van der Waals surface area contributed by atoms with Crippen molar-refractivity contribution in [1.29, 1.82) is 0 Å². The van der Waals surface area contributed by atoms with Gasteiger partial charge in [0.2, 0.25) is 5.76 Å². The number of nitrogens with zero attached hydrogens (tertiary/aromatic N) is 2. The first kappa shape index (κ1) is 28.4. The SMILES string of the molecule is C=CCOC(=O)C1=C(C)N=c2s/c(=C/c3ccc(OC)cc3OC)c(=O)n2[C@H]1c1ccc(OC(=O)c2ccco2)cc1. The number of thiazole rings is 1. The van der Waals surface area contributed by atoms with Crippen molar-refractivity contribution in [2.24, 2.45) is 4.99 Å². The van der Waals surface area contributed by atoms with Crippen molar-refractivity contribution in [3.63, 3.8) is 0 Å². The van der Waals surface area contributed by atoms with Crippen LogP contribution in [0.5, 0.6) is 17.2 Å². The van der Waals surface area contributed by atoms with E-state index in [1.807, 2.05) is 0 Å². The molecule has 3 heterocycles. The van der Waals surface area contributed by atoms with Crippen LogP contribution in [0.1, 0.15) is 34.6 Å². The van der Waals surface area contributed by atoms with E-state index >= 15 is 0 Å². The molecule has 0 unspecified atom stereocenters. The number of methoxy groups -OCH3 is 2. The fourth-order valence-electron chi connectivity index (χ4n) is 4.46. The molecule has 0 saturated heterocycles. The molecule has 10 nitrogen and oxygen atoms in total. The lowest BCUT2D eigenvalue weighted by atomic mass is 9.96. The average Bonchev–Trinajstić information content (AvgIpc) is 3.64. The Balaban J connectivity index is 1.60. The second kappa shape index (κ2) is 12.1. The number of benzene rings is 2. The average molecular weight is 587 g/mol. The van der Waals surface area contributed by atoms with Gasteiger partial charge < -0.3 is 23.4 Å². The second-order valence-electron chi connectivity index (χ2n) is 9.01. The molecule has 42 heavy (non-hydrogen) atoms. The van der Waals surface area contributed by atoms with Gasteiger partial charge in [0.1, 0.15) is 23.9 Å². The number of rotatable bonds is 9. The van der Waals surface area contributed by atoms with E-state index in [0.717, 1.165) is 0 Å². The molecule has 11 heteroatoms. The number of allylic oxidation sites excluding steroid dienone is 1. The van der Waals surface area contributed by atoms with Crippen LogP contribution < -0.4 is 29.1 Å². The van der Waals surface area contributed by atoms with Crippen LogP contribution in [0.2, 0.25) is 0 Å². The molecule has 0 bridgehead atoms. The molecule has 1 aliphatic heterocycles. The standard InChI is InChI=1S/C31H26N2O8S/c1-5-14-40-30(36)26-18(2)32-31-33(28(34)25(42-31)16-20-10-13-22(37-3)17-24(20)38-4)27(26)19-8-11-21(12-9-19)41-29(35)23-7-6-15-39-23/h5-13,15-17,27H,1,14H2,2-4H3/b25-16+/t27-/m0/s1. The zero-order valence-electron chi connectivity index (χ0n) is 23.0. The number of hydrogen-bond acceptors (Lipinski definition) is 10. The first-order chi connectivity index (χ1) is 20.3. The van der Waals surface area contributed by atoms with Gasteiger partial charge in [-0.3, -0.25) is 9.36 Å². The van der Waals surface area contributed by atoms with E-state index < -0.39 is 18.0 Å². The Morgan fingerprint density at radius 1 is 1.07 bits per heavy atom. The van der Waals surface area contributed by atoms with Gasteiger partial charge in [-0.05, 0) is 55.0 Å². The summed E-state index contributed by atoms with van der Waals surface area (Å²) in [5, 5.41) is 0. The van der Waals surface area contributed by atoms with E-state index in [4.69, 9.17) is 23.4 Å². The highest BCUT2D eigenvalue weighted by Crippen LogP contribution is 2.32. The molecule has 2 aromatic carbocycles. The molecule has 0 radical (unpaired) electrons. The van der Waals surface area contributed by atoms with E-state index in [-0.39, 0.29) is 29.2 Å². The van der Waals surface area contributed by atoms with Crippen molar-refractivity contribution in [2.45, 2.75) is 13.0 Å². The number of aromatic nitrogens is 1. The maximum atomic E-state index is 13.9. The van der Waals surface area contributed by atoms with Crippen molar-refractivity contribution in [1.82, 2.24) is 4.57 Å². The molecule has 0 aliphatic carbocycles. The predicted molar refractivity (Wildman–Crippen MR) is 155 cm³/mol. The number of carbonyl (C=O) groups excluding carboxylic acids is 2. The molecule has 214 valence electrons. The first-order valence-electron chi connectivity index (χ1n) is 12.7. The van der Waals surface area contributed by atoms with Gasteiger partial charge in [-0.1, -0.05) is 36.1 Å². The minimum atomic E-state index is -0.853. The Morgan fingerprint density at radius 3 is 2.50 bits per heavy atom. The number of ether oxygens (including phenoxy) is 4. The Kier molecular flexibility index (Phi) is 8.21. The molecule has 0 amide bonds. The third-order valence-electron chi connectivity index (χ3n) is 6.43. The number of fused-ring (bicyclic) bond motifs is 1. The molecule has 0 N–H and O–H groups in total. The molecule has 1 aliphatic rings. The third kappa shape index (κ3) is 5.54. The van der Waals surface area contributed by atoms with Gasteiger partial charge in [0.05, 0.1) is 42.3 Å². The van der Waals surface area contributed by atoms with Crippen molar-refractivity contribution >= 4 is 29.4 Å². The van der Waals surface area contributed by atoms with Crippen LogP contribution in [0, 0.1) is 0 Å². The fraction of sp³-hybridized carbons (Fsp3) is 0.161. The minimum absolute atomic E-state index is 0.00825. The number of furan rings is 1. The summed E-state index contributed by atoms with van der Waals surface area (Å²) in [6, 6.07) is 14.0. The summed E-state index contributed by atoms with van der Waals surface area (Å²) < 4.78 is 28.5. The van der Waals surface area contributed by atoms with Crippen LogP contribution >= 0.6 is 11.3 Å². The number of esters is 2. The monoisotopic (exact) mass is 586 g/mol. The molecule has 0 spiro atoms. The third-order valence-corrected chi connectivity index (χ3v) is 7.41. The molecular weight excluding hydrogens is 560 g/mol. The van der Waals surface area contributed by atoms with E-state index in [2.05, 4.69) is 11.6 Å². The van der Waals surface area contributed by atoms with Gasteiger partial charge in [0, 0.05) is 11.6 Å². The van der Waals surface area contributed by atoms with Crippen molar-refractivity contribution in [3.05, 3.63) is 121 Å².